The molecule has 0 aliphatic heterocycles. The van der Waals surface area contributed by atoms with Crippen LogP contribution in [0.5, 0.6) is 0 Å². The zero-order valence-corrected chi connectivity index (χ0v) is 17.6. The van der Waals surface area contributed by atoms with Gasteiger partial charge in [0.2, 0.25) is 11.8 Å². The van der Waals surface area contributed by atoms with Crippen molar-refractivity contribution in [1.29, 1.82) is 0 Å². The van der Waals surface area contributed by atoms with E-state index in [1.807, 2.05) is 31.2 Å². The summed E-state index contributed by atoms with van der Waals surface area (Å²) in [5.74, 6) is -0.645. The minimum absolute atomic E-state index is 0.0948. The minimum atomic E-state index is -0.341. The van der Waals surface area contributed by atoms with Crippen LogP contribution in [0.25, 0.3) is 16.7 Å². The zero-order valence-electron chi connectivity index (χ0n) is 17.6. The predicted octanol–water partition coefficient (Wildman–Crippen LogP) is 1.55. The molecular weight excluding hydrogens is 410 g/mol. The highest BCUT2D eigenvalue weighted by Gasteiger charge is 2.13. The van der Waals surface area contributed by atoms with Crippen molar-refractivity contribution in [2.75, 3.05) is 11.9 Å². The summed E-state index contributed by atoms with van der Waals surface area (Å²) in [4.78, 5) is 40.9. The van der Waals surface area contributed by atoms with Gasteiger partial charge in [0.15, 0.2) is 0 Å². The van der Waals surface area contributed by atoms with Gasteiger partial charge >= 0.3 is 5.69 Å². The number of fused-ring (bicyclic) bond motifs is 1. The number of benzene rings is 2. The Balaban J connectivity index is 1.29. The Hall–Kier alpha value is -4.21. The number of aryl methyl sites for hydroxylation is 2. The summed E-state index contributed by atoms with van der Waals surface area (Å²) >= 11 is 0. The minimum Gasteiger partial charge on any atom is -0.347 e. The van der Waals surface area contributed by atoms with Crippen LogP contribution in [0.1, 0.15) is 13.3 Å². The first kappa shape index (κ1) is 21.0. The molecule has 2 aromatic heterocycles. The molecule has 0 aliphatic carbocycles. The number of carbonyl (C=O) groups excluding carboxylic acids is 2. The van der Waals surface area contributed by atoms with E-state index in [1.165, 1.54) is 6.33 Å². The lowest BCUT2D eigenvalue weighted by Crippen LogP contribution is -2.34. The molecule has 0 saturated heterocycles. The first-order valence-electron chi connectivity index (χ1n) is 10.3. The van der Waals surface area contributed by atoms with Crippen molar-refractivity contribution >= 4 is 28.5 Å². The van der Waals surface area contributed by atoms with E-state index >= 15 is 0 Å². The molecule has 2 N–H and O–H groups in total. The molecule has 0 radical (unpaired) electrons. The maximum absolute atomic E-state index is 12.6. The van der Waals surface area contributed by atoms with E-state index in [-0.39, 0.29) is 37.0 Å². The van der Waals surface area contributed by atoms with E-state index in [4.69, 9.17) is 0 Å². The average molecular weight is 433 g/mol. The predicted molar refractivity (Wildman–Crippen MR) is 119 cm³/mol. The van der Waals surface area contributed by atoms with Crippen LogP contribution >= 0.6 is 0 Å². The summed E-state index contributed by atoms with van der Waals surface area (Å²) in [7, 11) is 0. The second-order valence-electron chi connectivity index (χ2n) is 7.13. The Bertz CT molecular complexity index is 1290. The van der Waals surface area contributed by atoms with Crippen LogP contribution in [0, 0.1) is 0 Å². The van der Waals surface area contributed by atoms with Crippen LogP contribution in [-0.2, 0) is 22.7 Å². The van der Waals surface area contributed by atoms with E-state index < -0.39 is 0 Å². The molecule has 0 unspecified atom stereocenters. The Morgan fingerprint density at radius 3 is 2.34 bits per heavy atom. The van der Waals surface area contributed by atoms with Crippen molar-refractivity contribution in [2.24, 2.45) is 0 Å². The van der Waals surface area contributed by atoms with E-state index in [9.17, 15) is 14.4 Å². The van der Waals surface area contributed by atoms with Gasteiger partial charge in [0.1, 0.15) is 12.7 Å². The first-order valence-corrected chi connectivity index (χ1v) is 10.3. The van der Waals surface area contributed by atoms with Gasteiger partial charge in [-0.05, 0) is 43.3 Å². The lowest BCUT2D eigenvalue weighted by molar-refractivity contribution is -0.124. The molecule has 0 bridgehead atoms. The second kappa shape index (κ2) is 9.29. The fourth-order valence-corrected chi connectivity index (χ4v) is 3.52. The Kier molecular flexibility index (Phi) is 6.11. The number of aromatic nitrogens is 5. The van der Waals surface area contributed by atoms with Crippen LogP contribution in [0.2, 0.25) is 0 Å². The molecule has 0 saturated carbocycles. The molecule has 4 aromatic rings. The van der Waals surface area contributed by atoms with Crippen molar-refractivity contribution in [2.45, 2.75) is 26.4 Å². The van der Waals surface area contributed by atoms with Gasteiger partial charge in [-0.25, -0.2) is 14.5 Å². The number of amides is 2. The second-order valence-corrected chi connectivity index (χ2v) is 7.13. The number of hydrogen-bond acceptors (Lipinski definition) is 5. The number of nitrogens with one attached hydrogen (secondary N) is 2. The number of carbonyl (C=O) groups is 2. The average Bonchev–Trinajstić information content (AvgIpc) is 3.43. The van der Waals surface area contributed by atoms with E-state index in [0.29, 0.717) is 12.2 Å². The topological polar surface area (TPSA) is 116 Å². The number of nitrogens with zero attached hydrogens (tertiary/aromatic N) is 5. The van der Waals surface area contributed by atoms with Crippen molar-refractivity contribution < 1.29 is 9.59 Å². The van der Waals surface area contributed by atoms with Gasteiger partial charge in [0, 0.05) is 25.2 Å². The van der Waals surface area contributed by atoms with Gasteiger partial charge in [-0.15, -0.1) is 0 Å². The van der Waals surface area contributed by atoms with Gasteiger partial charge in [0.05, 0.1) is 23.3 Å². The molecule has 0 spiro atoms. The molecule has 32 heavy (non-hydrogen) atoms. The highest BCUT2D eigenvalue weighted by molar-refractivity contribution is 5.94. The van der Waals surface area contributed by atoms with Crippen molar-refractivity contribution in [3.63, 3.8) is 0 Å². The molecule has 164 valence electrons. The number of anilines is 1. The van der Waals surface area contributed by atoms with Crippen LogP contribution in [0.3, 0.4) is 0 Å². The molecule has 10 nitrogen and oxygen atoms in total. The van der Waals surface area contributed by atoms with Gasteiger partial charge in [-0.1, -0.05) is 12.1 Å². The summed E-state index contributed by atoms with van der Waals surface area (Å²) in [5, 5.41) is 9.37. The summed E-state index contributed by atoms with van der Waals surface area (Å²) in [6.45, 7) is 2.54. The molecule has 0 fully saturated rings. The third kappa shape index (κ3) is 4.43. The van der Waals surface area contributed by atoms with Gasteiger partial charge < -0.3 is 10.6 Å². The first-order chi connectivity index (χ1) is 15.6. The standard InChI is InChI=1S/C22H23N7O3/c1-2-27-18-5-3-4-6-19(18)28(22(27)32)12-11-20(30)24-13-21(31)26-16-7-9-17(10-8-16)29-15-23-14-25-29/h3-10,14-15H,2,11-13H2,1H3,(H,24,30)(H,26,31). The van der Waals surface area contributed by atoms with E-state index in [1.54, 1.807) is 44.4 Å². The zero-order chi connectivity index (χ0) is 22.5. The highest BCUT2D eigenvalue weighted by Crippen LogP contribution is 2.13. The lowest BCUT2D eigenvalue weighted by atomic mass is 10.3. The fraction of sp³-hybridized carbons (Fsp3) is 0.227. The van der Waals surface area contributed by atoms with Crippen LogP contribution in [0.4, 0.5) is 5.69 Å². The van der Waals surface area contributed by atoms with Crippen molar-refractivity contribution in [3.05, 3.63) is 71.7 Å². The van der Waals surface area contributed by atoms with Crippen LogP contribution in [-0.4, -0.2) is 42.3 Å². The largest absolute Gasteiger partial charge is 0.347 e. The third-order valence-corrected chi connectivity index (χ3v) is 5.08. The van der Waals surface area contributed by atoms with Crippen LogP contribution in [0.15, 0.2) is 66.0 Å². The third-order valence-electron chi connectivity index (χ3n) is 5.08. The van der Waals surface area contributed by atoms with Crippen LogP contribution < -0.4 is 16.3 Å². The molecule has 2 amide bonds. The number of rotatable bonds is 8. The van der Waals surface area contributed by atoms with Gasteiger partial charge in [0.25, 0.3) is 0 Å². The maximum atomic E-state index is 12.6. The summed E-state index contributed by atoms with van der Waals surface area (Å²) in [5.41, 5.74) is 2.91. The van der Waals surface area contributed by atoms with Gasteiger partial charge in [-0.2, -0.15) is 5.10 Å². The Labute approximate surface area is 183 Å². The van der Waals surface area contributed by atoms with Gasteiger partial charge in [-0.3, -0.25) is 18.7 Å². The quantitative estimate of drug-likeness (QED) is 0.437. The molecule has 0 atom stereocenters. The lowest BCUT2D eigenvalue weighted by Gasteiger charge is -2.08. The molecule has 4 rings (SSSR count). The SMILES string of the molecule is CCn1c(=O)n(CCC(=O)NCC(=O)Nc2ccc(-n3cncn3)cc2)c2ccccc21. The fourth-order valence-electron chi connectivity index (χ4n) is 3.52. The summed E-state index contributed by atoms with van der Waals surface area (Å²) < 4.78 is 4.87. The number of hydrogen-bond donors (Lipinski definition) is 2. The molecular formula is C22H23N7O3. The Morgan fingerprint density at radius 1 is 0.969 bits per heavy atom. The Morgan fingerprint density at radius 2 is 1.69 bits per heavy atom. The number of para-hydroxylation sites is 2. The molecule has 10 heteroatoms. The van der Waals surface area contributed by atoms with Crippen molar-refractivity contribution in [3.8, 4) is 5.69 Å². The normalized spacial score (nSPS) is 10.9. The van der Waals surface area contributed by atoms with E-state index in [2.05, 4.69) is 20.7 Å². The van der Waals surface area contributed by atoms with Crippen molar-refractivity contribution in [1.82, 2.24) is 29.2 Å². The monoisotopic (exact) mass is 433 g/mol. The highest BCUT2D eigenvalue weighted by atomic mass is 16.2. The van der Waals surface area contributed by atoms with E-state index in [0.717, 1.165) is 16.7 Å². The molecule has 2 heterocycles. The molecule has 0 aliphatic rings. The smallest absolute Gasteiger partial charge is 0.329 e. The summed E-state index contributed by atoms with van der Waals surface area (Å²) in [6.07, 6.45) is 3.12. The summed E-state index contributed by atoms with van der Waals surface area (Å²) in [6, 6.07) is 14.6. The maximum Gasteiger partial charge on any atom is 0.329 e. The number of imidazole rings is 1. The molecule has 2 aromatic carbocycles.